The molecular formula is C8H14N6. The monoisotopic (exact) mass is 194 g/mol. The van der Waals surface area contributed by atoms with Crippen molar-refractivity contribution in [3.8, 4) is 0 Å². The second-order valence-electron chi connectivity index (χ2n) is 2.84. The van der Waals surface area contributed by atoms with Crippen molar-refractivity contribution in [1.29, 1.82) is 10.8 Å². The Morgan fingerprint density at radius 3 is 2.86 bits per heavy atom. The molecule has 14 heavy (non-hydrogen) atoms. The Labute approximate surface area is 82.1 Å². The molecule has 1 aromatic rings. The molecule has 0 aliphatic rings. The Morgan fingerprint density at radius 2 is 2.36 bits per heavy atom. The molecule has 0 spiro atoms. The molecule has 1 aromatic heterocycles. The van der Waals surface area contributed by atoms with E-state index in [2.05, 4.69) is 10.3 Å². The van der Waals surface area contributed by atoms with Crippen molar-refractivity contribution in [3.63, 3.8) is 0 Å². The standard InChI is InChI=1S/C8H14N6/c1-14(7(9)10)8(11)13-5-6-3-2-4-12-6/h2-4,12H,5H2,1H3,(H3,9,10)(H2,11,13). The zero-order chi connectivity index (χ0) is 10.6. The summed E-state index contributed by atoms with van der Waals surface area (Å²) in [7, 11) is 1.56. The summed E-state index contributed by atoms with van der Waals surface area (Å²) in [5.74, 6) is -0.0546. The van der Waals surface area contributed by atoms with Gasteiger partial charge in [0.15, 0.2) is 11.9 Å². The van der Waals surface area contributed by atoms with Crippen LogP contribution in [-0.2, 0) is 6.54 Å². The van der Waals surface area contributed by atoms with Crippen LogP contribution in [0.2, 0.25) is 0 Å². The third kappa shape index (κ3) is 2.51. The van der Waals surface area contributed by atoms with E-state index in [1.807, 2.05) is 18.3 Å². The van der Waals surface area contributed by atoms with Crippen molar-refractivity contribution in [1.82, 2.24) is 15.2 Å². The van der Waals surface area contributed by atoms with Crippen LogP contribution in [0.3, 0.4) is 0 Å². The minimum atomic E-state index is -0.158. The summed E-state index contributed by atoms with van der Waals surface area (Å²) in [6.07, 6.45) is 1.81. The van der Waals surface area contributed by atoms with Gasteiger partial charge in [-0.25, -0.2) is 0 Å². The number of aromatic nitrogens is 1. The van der Waals surface area contributed by atoms with Gasteiger partial charge in [-0.15, -0.1) is 0 Å². The first-order chi connectivity index (χ1) is 6.61. The van der Waals surface area contributed by atoms with Crippen molar-refractivity contribution in [2.75, 3.05) is 7.05 Å². The molecule has 0 unspecified atom stereocenters. The Kier molecular flexibility index (Phi) is 3.11. The summed E-state index contributed by atoms with van der Waals surface area (Å²) in [6.45, 7) is 0.517. The fourth-order valence-electron chi connectivity index (χ4n) is 0.895. The van der Waals surface area contributed by atoms with Crippen LogP contribution in [0.5, 0.6) is 0 Å². The topological polar surface area (TPSA) is 105 Å². The van der Waals surface area contributed by atoms with Gasteiger partial charge in [-0.05, 0) is 12.1 Å². The average Bonchev–Trinajstić information content (AvgIpc) is 2.65. The van der Waals surface area contributed by atoms with Crippen molar-refractivity contribution < 1.29 is 0 Å². The Hall–Kier alpha value is -1.98. The van der Waals surface area contributed by atoms with Gasteiger partial charge in [0.05, 0.1) is 6.54 Å². The van der Waals surface area contributed by atoms with Gasteiger partial charge in [0.25, 0.3) is 0 Å². The van der Waals surface area contributed by atoms with Crippen LogP contribution in [0, 0.1) is 10.8 Å². The van der Waals surface area contributed by atoms with E-state index in [9.17, 15) is 0 Å². The summed E-state index contributed by atoms with van der Waals surface area (Å²) < 4.78 is 0. The number of nitrogens with one attached hydrogen (secondary N) is 4. The molecule has 1 heterocycles. The number of hydrogen-bond donors (Lipinski definition) is 5. The molecule has 0 radical (unpaired) electrons. The van der Waals surface area contributed by atoms with Gasteiger partial charge in [-0.1, -0.05) is 0 Å². The van der Waals surface area contributed by atoms with Crippen molar-refractivity contribution in [3.05, 3.63) is 24.0 Å². The molecule has 0 atom stereocenters. The highest BCUT2D eigenvalue weighted by molar-refractivity contribution is 5.94. The van der Waals surface area contributed by atoms with Crippen LogP contribution < -0.4 is 11.1 Å². The molecular weight excluding hydrogens is 180 g/mol. The molecule has 0 aromatic carbocycles. The van der Waals surface area contributed by atoms with Crippen molar-refractivity contribution in [2.24, 2.45) is 5.73 Å². The van der Waals surface area contributed by atoms with Gasteiger partial charge in [-0.2, -0.15) is 0 Å². The SMILES string of the molecule is CN(C(=N)N)C(=N)NCc1ccc[nH]1. The molecule has 0 aliphatic heterocycles. The van der Waals surface area contributed by atoms with Gasteiger partial charge in [0.1, 0.15) is 0 Å². The number of nitrogens with zero attached hydrogens (tertiary/aromatic N) is 1. The summed E-state index contributed by atoms with van der Waals surface area (Å²) in [5.41, 5.74) is 6.18. The van der Waals surface area contributed by atoms with E-state index in [0.717, 1.165) is 5.69 Å². The third-order valence-corrected chi connectivity index (χ3v) is 1.81. The first kappa shape index (κ1) is 10.1. The Morgan fingerprint density at radius 1 is 1.64 bits per heavy atom. The molecule has 0 saturated heterocycles. The molecule has 1 rings (SSSR count). The number of hydrogen-bond acceptors (Lipinski definition) is 2. The minimum Gasteiger partial charge on any atom is -0.370 e. The smallest absolute Gasteiger partial charge is 0.198 e. The maximum atomic E-state index is 7.51. The number of nitrogens with two attached hydrogens (primary N) is 1. The molecule has 0 bridgehead atoms. The fourth-order valence-corrected chi connectivity index (χ4v) is 0.895. The molecule has 6 heteroatoms. The maximum absolute atomic E-state index is 7.51. The molecule has 0 amide bonds. The first-order valence-corrected chi connectivity index (χ1v) is 4.13. The molecule has 0 fully saturated rings. The lowest BCUT2D eigenvalue weighted by molar-refractivity contribution is 0.666. The van der Waals surface area contributed by atoms with Gasteiger partial charge in [0.2, 0.25) is 0 Å². The number of aromatic amines is 1. The minimum absolute atomic E-state index is 0.104. The fraction of sp³-hybridized carbons (Fsp3) is 0.250. The van der Waals surface area contributed by atoms with Crippen molar-refractivity contribution in [2.45, 2.75) is 6.54 Å². The highest BCUT2D eigenvalue weighted by Crippen LogP contribution is 1.93. The van der Waals surface area contributed by atoms with Gasteiger partial charge < -0.3 is 16.0 Å². The molecule has 0 aliphatic carbocycles. The highest BCUT2D eigenvalue weighted by Gasteiger charge is 2.05. The summed E-state index contributed by atoms with van der Waals surface area (Å²) in [6, 6.07) is 3.80. The first-order valence-electron chi connectivity index (χ1n) is 4.13. The zero-order valence-corrected chi connectivity index (χ0v) is 7.96. The predicted octanol–water partition coefficient (Wildman–Crippen LogP) is -0.136. The average molecular weight is 194 g/mol. The van der Waals surface area contributed by atoms with E-state index in [1.54, 1.807) is 7.05 Å². The Bertz CT molecular complexity index is 315. The predicted molar refractivity (Wildman–Crippen MR) is 55.0 cm³/mol. The zero-order valence-electron chi connectivity index (χ0n) is 7.96. The van der Waals surface area contributed by atoms with Crippen molar-refractivity contribution >= 4 is 11.9 Å². The number of guanidine groups is 2. The highest BCUT2D eigenvalue weighted by atomic mass is 15.3. The largest absolute Gasteiger partial charge is 0.370 e. The lowest BCUT2D eigenvalue weighted by atomic mass is 10.4. The lowest BCUT2D eigenvalue weighted by Gasteiger charge is -2.18. The van der Waals surface area contributed by atoms with Gasteiger partial charge >= 0.3 is 0 Å². The lowest BCUT2D eigenvalue weighted by Crippen LogP contribution is -2.44. The van der Waals surface area contributed by atoms with Gasteiger partial charge in [-0.3, -0.25) is 15.7 Å². The van der Waals surface area contributed by atoms with E-state index in [4.69, 9.17) is 16.6 Å². The van der Waals surface area contributed by atoms with E-state index in [0.29, 0.717) is 6.54 Å². The van der Waals surface area contributed by atoms with Crippen LogP contribution in [0.1, 0.15) is 5.69 Å². The molecule has 76 valence electrons. The van der Waals surface area contributed by atoms with Crippen LogP contribution in [0.4, 0.5) is 0 Å². The maximum Gasteiger partial charge on any atom is 0.198 e. The second-order valence-corrected chi connectivity index (χ2v) is 2.84. The third-order valence-electron chi connectivity index (χ3n) is 1.81. The molecule has 0 saturated carbocycles. The van der Waals surface area contributed by atoms with E-state index >= 15 is 0 Å². The summed E-state index contributed by atoms with van der Waals surface area (Å²) in [5, 5.41) is 17.4. The van der Waals surface area contributed by atoms with Crippen LogP contribution >= 0.6 is 0 Å². The van der Waals surface area contributed by atoms with E-state index in [1.165, 1.54) is 4.90 Å². The number of rotatable bonds is 2. The summed E-state index contributed by atoms with van der Waals surface area (Å²) >= 11 is 0. The quantitative estimate of drug-likeness (QED) is 0.334. The van der Waals surface area contributed by atoms with Crippen LogP contribution in [-0.4, -0.2) is 28.9 Å². The normalized spacial score (nSPS) is 9.50. The van der Waals surface area contributed by atoms with Crippen LogP contribution in [0.25, 0.3) is 0 Å². The van der Waals surface area contributed by atoms with Gasteiger partial charge in [0, 0.05) is 18.9 Å². The number of H-pyrrole nitrogens is 1. The van der Waals surface area contributed by atoms with E-state index < -0.39 is 0 Å². The second kappa shape index (κ2) is 4.31. The molecule has 6 nitrogen and oxygen atoms in total. The van der Waals surface area contributed by atoms with E-state index in [-0.39, 0.29) is 11.9 Å². The summed E-state index contributed by atoms with van der Waals surface area (Å²) in [4.78, 5) is 4.25. The Balaban J connectivity index is 2.39. The van der Waals surface area contributed by atoms with Crippen LogP contribution in [0.15, 0.2) is 18.3 Å². The molecule has 6 N–H and O–H groups in total.